The number of aryl methyl sites for hydroxylation is 2. The molecule has 9 heteroatoms. The van der Waals surface area contributed by atoms with Gasteiger partial charge in [0.1, 0.15) is 0 Å². The first kappa shape index (κ1) is 22.8. The van der Waals surface area contributed by atoms with Crippen molar-refractivity contribution < 1.29 is 18.0 Å². The maximum Gasteiger partial charge on any atom is 0.318 e. The number of carbonyl (C=O) groups is 2. The highest BCUT2D eigenvalue weighted by atomic mass is 32.2. The Morgan fingerprint density at radius 3 is 1.91 bits per heavy atom. The van der Waals surface area contributed by atoms with Gasteiger partial charge in [0, 0.05) is 29.7 Å². The van der Waals surface area contributed by atoms with Crippen molar-refractivity contribution in [2.75, 3.05) is 22.4 Å². The molecule has 4 N–H and O–H groups in total. The summed E-state index contributed by atoms with van der Waals surface area (Å²) in [6.45, 7) is 3.64. The molecular formula is C23H24N4O4S. The third-order valence-corrected chi connectivity index (χ3v) is 6.07. The monoisotopic (exact) mass is 452 g/mol. The van der Waals surface area contributed by atoms with Crippen LogP contribution in [-0.4, -0.2) is 27.4 Å². The van der Waals surface area contributed by atoms with E-state index in [0.717, 1.165) is 5.56 Å². The number of anilines is 3. The first-order chi connectivity index (χ1) is 15.2. The van der Waals surface area contributed by atoms with Crippen molar-refractivity contribution in [3.05, 3.63) is 83.4 Å². The Morgan fingerprint density at radius 1 is 0.750 bits per heavy atom. The molecule has 3 aromatic rings. The van der Waals surface area contributed by atoms with Crippen LogP contribution in [0.5, 0.6) is 0 Å². The smallest absolute Gasteiger partial charge is 0.318 e. The molecule has 0 aliphatic heterocycles. The zero-order valence-corrected chi connectivity index (χ0v) is 18.7. The van der Waals surface area contributed by atoms with Crippen LogP contribution < -0.4 is 20.7 Å². The number of benzene rings is 3. The highest BCUT2D eigenvalue weighted by Gasteiger charge is 2.18. The van der Waals surface area contributed by atoms with Crippen molar-refractivity contribution >= 4 is 39.0 Å². The van der Waals surface area contributed by atoms with E-state index in [1.807, 2.05) is 6.92 Å². The van der Waals surface area contributed by atoms with E-state index >= 15 is 0 Å². The summed E-state index contributed by atoms with van der Waals surface area (Å²) in [5.41, 5.74) is 3.39. The molecule has 0 atom stereocenters. The van der Waals surface area contributed by atoms with E-state index in [1.54, 1.807) is 61.5 Å². The van der Waals surface area contributed by atoms with Gasteiger partial charge in [0.05, 0.1) is 4.90 Å². The molecule has 0 heterocycles. The lowest BCUT2D eigenvalue weighted by molar-refractivity contribution is 0.102. The molecule has 3 amide bonds. The van der Waals surface area contributed by atoms with Crippen LogP contribution >= 0.6 is 0 Å². The minimum absolute atomic E-state index is 0.0149. The summed E-state index contributed by atoms with van der Waals surface area (Å²) in [5.74, 6) is -0.443. The molecule has 0 fully saturated rings. The quantitative estimate of drug-likeness (QED) is 0.450. The molecule has 0 aliphatic carbocycles. The van der Waals surface area contributed by atoms with Gasteiger partial charge in [-0.2, -0.15) is 0 Å². The van der Waals surface area contributed by atoms with E-state index in [0.29, 0.717) is 22.6 Å². The molecule has 0 unspecified atom stereocenters. The Bertz CT molecular complexity index is 1240. The third-order valence-electron chi connectivity index (χ3n) is 4.70. The Labute approximate surface area is 187 Å². The lowest BCUT2D eigenvalue weighted by atomic mass is 10.1. The molecule has 3 aromatic carbocycles. The lowest BCUT2D eigenvalue weighted by Gasteiger charge is -2.12. The second-order valence-corrected chi connectivity index (χ2v) is 8.87. The molecule has 0 aromatic heterocycles. The van der Waals surface area contributed by atoms with Gasteiger partial charge in [-0.25, -0.2) is 13.2 Å². The van der Waals surface area contributed by atoms with Crippen LogP contribution in [-0.2, 0) is 10.0 Å². The van der Waals surface area contributed by atoms with Crippen molar-refractivity contribution in [2.45, 2.75) is 18.7 Å². The van der Waals surface area contributed by atoms with Crippen LogP contribution in [0.4, 0.5) is 21.9 Å². The van der Waals surface area contributed by atoms with Gasteiger partial charge in [0.25, 0.3) is 15.9 Å². The van der Waals surface area contributed by atoms with Gasteiger partial charge in [-0.15, -0.1) is 0 Å². The fourth-order valence-corrected chi connectivity index (χ4v) is 3.96. The van der Waals surface area contributed by atoms with Crippen LogP contribution in [0.25, 0.3) is 0 Å². The first-order valence-corrected chi connectivity index (χ1v) is 11.3. The van der Waals surface area contributed by atoms with Gasteiger partial charge in [-0.05, 0) is 67.9 Å². The van der Waals surface area contributed by atoms with Gasteiger partial charge in [-0.3, -0.25) is 9.52 Å². The van der Waals surface area contributed by atoms with Gasteiger partial charge >= 0.3 is 6.03 Å². The van der Waals surface area contributed by atoms with Gasteiger partial charge in [0.15, 0.2) is 0 Å². The molecule has 0 aliphatic rings. The normalized spacial score (nSPS) is 10.8. The number of rotatable bonds is 6. The molecule has 3 rings (SSSR count). The predicted octanol–water partition coefficient (Wildman–Crippen LogP) is 4.11. The standard InChI is InChI=1S/C23H24N4O4S/c1-15-4-7-19(8-5-15)27-32(30,31)20-13-6-16(2)21(14-20)22(28)25-17-9-11-18(12-10-17)26-23(29)24-3/h4-14,27H,1-3H3,(H,25,28)(H2,24,26,29). The number of amides is 3. The Balaban J connectivity index is 1.78. The maximum atomic E-state index is 12.8. The minimum atomic E-state index is -3.87. The Morgan fingerprint density at radius 2 is 1.31 bits per heavy atom. The van der Waals surface area contributed by atoms with Crippen molar-refractivity contribution in [3.8, 4) is 0 Å². The van der Waals surface area contributed by atoms with E-state index < -0.39 is 15.9 Å². The molecule has 166 valence electrons. The van der Waals surface area contributed by atoms with E-state index in [9.17, 15) is 18.0 Å². The SMILES string of the molecule is CNC(=O)Nc1ccc(NC(=O)c2cc(S(=O)(=O)Nc3ccc(C)cc3)ccc2C)cc1. The zero-order valence-electron chi connectivity index (χ0n) is 17.9. The summed E-state index contributed by atoms with van der Waals surface area (Å²) in [6, 6.07) is 17.6. The average molecular weight is 453 g/mol. The lowest BCUT2D eigenvalue weighted by Crippen LogP contribution is -2.24. The number of sulfonamides is 1. The van der Waals surface area contributed by atoms with Crippen molar-refractivity contribution in [2.24, 2.45) is 0 Å². The highest BCUT2D eigenvalue weighted by Crippen LogP contribution is 2.21. The summed E-state index contributed by atoms with van der Waals surface area (Å²) in [5, 5.41) is 7.82. The molecule has 0 saturated carbocycles. The van der Waals surface area contributed by atoms with Gasteiger partial charge in [-0.1, -0.05) is 23.8 Å². The third kappa shape index (κ3) is 5.64. The number of carbonyl (C=O) groups excluding carboxylic acids is 2. The second kappa shape index (κ2) is 9.52. The summed E-state index contributed by atoms with van der Waals surface area (Å²) in [4.78, 5) is 24.2. The topological polar surface area (TPSA) is 116 Å². The molecule has 0 bridgehead atoms. The molecule has 8 nitrogen and oxygen atoms in total. The summed E-state index contributed by atoms with van der Waals surface area (Å²) < 4.78 is 28.1. The predicted molar refractivity (Wildman–Crippen MR) is 126 cm³/mol. The molecule has 0 spiro atoms. The second-order valence-electron chi connectivity index (χ2n) is 7.18. The van der Waals surface area contributed by atoms with Crippen LogP contribution in [0, 0.1) is 13.8 Å². The maximum absolute atomic E-state index is 12.8. The molecule has 32 heavy (non-hydrogen) atoms. The molecular weight excluding hydrogens is 428 g/mol. The van der Waals surface area contributed by atoms with Gasteiger partial charge in [0.2, 0.25) is 0 Å². The van der Waals surface area contributed by atoms with Crippen LogP contribution in [0.3, 0.4) is 0 Å². The van der Waals surface area contributed by atoms with Crippen LogP contribution in [0.15, 0.2) is 71.6 Å². The van der Waals surface area contributed by atoms with E-state index in [-0.39, 0.29) is 16.5 Å². The summed E-state index contributed by atoms with van der Waals surface area (Å²) >= 11 is 0. The van der Waals surface area contributed by atoms with E-state index in [4.69, 9.17) is 0 Å². The van der Waals surface area contributed by atoms with Gasteiger partial charge < -0.3 is 16.0 Å². The van der Waals surface area contributed by atoms with E-state index in [2.05, 4.69) is 20.7 Å². The fourth-order valence-electron chi connectivity index (χ4n) is 2.88. The average Bonchev–Trinajstić information content (AvgIpc) is 2.76. The zero-order chi connectivity index (χ0) is 23.3. The number of hydrogen-bond acceptors (Lipinski definition) is 4. The minimum Gasteiger partial charge on any atom is -0.341 e. The van der Waals surface area contributed by atoms with Crippen molar-refractivity contribution in [1.29, 1.82) is 0 Å². The summed E-state index contributed by atoms with van der Waals surface area (Å²) in [6.07, 6.45) is 0. The Kier molecular flexibility index (Phi) is 6.79. The molecule has 0 saturated heterocycles. The Hall–Kier alpha value is -3.85. The van der Waals surface area contributed by atoms with Crippen molar-refractivity contribution in [1.82, 2.24) is 5.32 Å². The fraction of sp³-hybridized carbons (Fsp3) is 0.130. The van der Waals surface area contributed by atoms with Crippen LogP contribution in [0.2, 0.25) is 0 Å². The summed E-state index contributed by atoms with van der Waals surface area (Å²) in [7, 11) is -2.36. The van der Waals surface area contributed by atoms with Crippen LogP contribution in [0.1, 0.15) is 21.5 Å². The number of nitrogens with one attached hydrogen (secondary N) is 4. The first-order valence-electron chi connectivity index (χ1n) is 9.78. The van der Waals surface area contributed by atoms with E-state index in [1.165, 1.54) is 19.2 Å². The largest absolute Gasteiger partial charge is 0.341 e. The highest BCUT2D eigenvalue weighted by molar-refractivity contribution is 7.92. The van der Waals surface area contributed by atoms with Crippen molar-refractivity contribution in [3.63, 3.8) is 0 Å². The molecule has 0 radical (unpaired) electrons. The number of urea groups is 1. The number of hydrogen-bond donors (Lipinski definition) is 4.